The van der Waals surface area contributed by atoms with Crippen molar-refractivity contribution >= 4 is 28.1 Å². The molecule has 1 saturated carbocycles. The smallest absolute Gasteiger partial charge is 0.336 e. The van der Waals surface area contributed by atoms with Gasteiger partial charge in [0.25, 0.3) is 5.91 Å². The van der Waals surface area contributed by atoms with Crippen LogP contribution in [0.4, 0.5) is 4.39 Å². The summed E-state index contributed by atoms with van der Waals surface area (Å²) in [4.78, 5) is 23.7. The molecule has 32 heavy (non-hydrogen) atoms. The summed E-state index contributed by atoms with van der Waals surface area (Å²) >= 11 is 0. The molecule has 3 rings (SSSR count). The predicted octanol–water partition coefficient (Wildman–Crippen LogP) is 3.00. The minimum absolute atomic E-state index is 0.0215. The van der Waals surface area contributed by atoms with Crippen molar-refractivity contribution in [3.05, 3.63) is 65.5 Å². The molecule has 0 heterocycles. The maximum absolute atomic E-state index is 13.3. The number of carboxylic acid groups (broad SMARTS) is 1. The normalized spacial score (nSPS) is 15.2. The zero-order valence-electron chi connectivity index (χ0n) is 17.3. The van der Waals surface area contributed by atoms with E-state index in [2.05, 4.69) is 10.5 Å². The summed E-state index contributed by atoms with van der Waals surface area (Å²) < 4.78 is 40.8. The van der Waals surface area contributed by atoms with Gasteiger partial charge in [0.1, 0.15) is 5.82 Å². The lowest BCUT2D eigenvalue weighted by molar-refractivity contribution is -0.121. The van der Waals surface area contributed by atoms with Gasteiger partial charge in [-0.3, -0.25) is 4.79 Å². The standard InChI is InChI=1S/C22H24FN3O5S/c23-17-10-12-19(13-11-17)32(30,31)26(18-7-2-1-3-8-18)15-21(27)25-24-14-16-6-4-5-9-20(16)22(28)29/h4-6,9-14,18H,1-3,7-8,15H2,(H,25,27)(H,28,29)/b24-14+. The molecular formula is C22H24FN3O5S. The lowest BCUT2D eigenvalue weighted by Crippen LogP contribution is -2.46. The molecule has 0 aliphatic heterocycles. The topological polar surface area (TPSA) is 116 Å². The van der Waals surface area contributed by atoms with E-state index in [1.165, 1.54) is 30.5 Å². The van der Waals surface area contributed by atoms with E-state index in [0.29, 0.717) is 18.4 Å². The largest absolute Gasteiger partial charge is 0.478 e. The fourth-order valence-corrected chi connectivity index (χ4v) is 5.32. The van der Waals surface area contributed by atoms with Gasteiger partial charge in [-0.25, -0.2) is 23.0 Å². The van der Waals surface area contributed by atoms with Crippen molar-refractivity contribution in [3.8, 4) is 0 Å². The lowest BCUT2D eigenvalue weighted by Gasteiger charge is -2.32. The average molecular weight is 462 g/mol. The molecule has 2 N–H and O–H groups in total. The number of benzene rings is 2. The maximum atomic E-state index is 13.3. The molecule has 8 nitrogen and oxygen atoms in total. The van der Waals surface area contributed by atoms with Crippen molar-refractivity contribution in [3.63, 3.8) is 0 Å². The van der Waals surface area contributed by atoms with E-state index >= 15 is 0 Å². The molecule has 0 radical (unpaired) electrons. The van der Waals surface area contributed by atoms with Crippen LogP contribution < -0.4 is 5.43 Å². The van der Waals surface area contributed by atoms with Crippen molar-refractivity contribution in [2.45, 2.75) is 43.0 Å². The van der Waals surface area contributed by atoms with Crippen LogP contribution in [0.15, 0.2) is 58.5 Å². The highest BCUT2D eigenvalue weighted by molar-refractivity contribution is 7.89. The molecule has 0 aromatic heterocycles. The SMILES string of the molecule is O=C(CN(C1CCCCC1)S(=O)(=O)c1ccc(F)cc1)N/N=C/c1ccccc1C(=O)O. The number of nitrogens with zero attached hydrogens (tertiary/aromatic N) is 2. The highest BCUT2D eigenvalue weighted by Crippen LogP contribution is 2.27. The average Bonchev–Trinajstić information content (AvgIpc) is 2.78. The third kappa shape index (κ3) is 5.77. The molecule has 2 aromatic carbocycles. The molecule has 0 bridgehead atoms. The number of carboxylic acids is 1. The molecule has 1 aliphatic rings. The fraction of sp³-hybridized carbons (Fsp3) is 0.318. The third-order valence-electron chi connectivity index (χ3n) is 5.29. The first-order chi connectivity index (χ1) is 15.3. The van der Waals surface area contributed by atoms with Crippen LogP contribution in [0.2, 0.25) is 0 Å². The number of hydrazone groups is 1. The fourth-order valence-electron chi connectivity index (χ4n) is 3.68. The molecule has 1 amide bonds. The van der Waals surface area contributed by atoms with Crippen LogP contribution in [0.5, 0.6) is 0 Å². The van der Waals surface area contributed by atoms with Gasteiger partial charge in [0.2, 0.25) is 10.0 Å². The van der Waals surface area contributed by atoms with E-state index in [1.807, 2.05) is 0 Å². The van der Waals surface area contributed by atoms with Crippen LogP contribution in [-0.2, 0) is 14.8 Å². The first-order valence-corrected chi connectivity index (χ1v) is 11.6. The molecule has 0 saturated heterocycles. The first-order valence-electron chi connectivity index (χ1n) is 10.2. The van der Waals surface area contributed by atoms with E-state index in [0.717, 1.165) is 35.7 Å². The number of aromatic carboxylic acids is 1. The second-order valence-electron chi connectivity index (χ2n) is 7.48. The van der Waals surface area contributed by atoms with Gasteiger partial charge in [0, 0.05) is 11.6 Å². The van der Waals surface area contributed by atoms with Gasteiger partial charge in [-0.2, -0.15) is 9.41 Å². The molecule has 10 heteroatoms. The molecule has 1 aliphatic carbocycles. The van der Waals surface area contributed by atoms with Gasteiger partial charge >= 0.3 is 5.97 Å². The second-order valence-corrected chi connectivity index (χ2v) is 9.37. The van der Waals surface area contributed by atoms with Crippen LogP contribution in [0.3, 0.4) is 0 Å². The van der Waals surface area contributed by atoms with E-state index < -0.39 is 34.3 Å². The van der Waals surface area contributed by atoms with E-state index in [-0.39, 0.29) is 16.5 Å². The van der Waals surface area contributed by atoms with E-state index in [9.17, 15) is 27.5 Å². The minimum Gasteiger partial charge on any atom is -0.478 e. The minimum atomic E-state index is -4.03. The van der Waals surface area contributed by atoms with E-state index in [4.69, 9.17) is 0 Å². The third-order valence-corrected chi connectivity index (χ3v) is 7.20. The Hall–Kier alpha value is -3.11. The monoisotopic (exact) mass is 461 g/mol. The second kappa shape index (κ2) is 10.5. The molecule has 1 fully saturated rings. The van der Waals surface area contributed by atoms with Crippen LogP contribution in [0.25, 0.3) is 0 Å². The highest BCUT2D eigenvalue weighted by atomic mass is 32.2. The number of carbonyl (C=O) groups excluding carboxylic acids is 1. The number of sulfonamides is 1. The molecule has 2 aromatic rings. The summed E-state index contributed by atoms with van der Waals surface area (Å²) in [6.45, 7) is -0.456. The zero-order valence-corrected chi connectivity index (χ0v) is 18.1. The van der Waals surface area contributed by atoms with Gasteiger partial charge in [0.05, 0.1) is 23.2 Å². The van der Waals surface area contributed by atoms with Crippen LogP contribution >= 0.6 is 0 Å². The summed E-state index contributed by atoms with van der Waals surface area (Å²) in [5.41, 5.74) is 2.59. The number of halogens is 1. The number of amides is 1. The van der Waals surface area contributed by atoms with Crippen LogP contribution in [0, 0.1) is 5.82 Å². The van der Waals surface area contributed by atoms with Crippen LogP contribution in [-0.4, -0.2) is 48.5 Å². The Morgan fingerprint density at radius 1 is 1.09 bits per heavy atom. The Morgan fingerprint density at radius 3 is 2.41 bits per heavy atom. The van der Waals surface area contributed by atoms with Crippen molar-refractivity contribution in [1.29, 1.82) is 0 Å². The van der Waals surface area contributed by atoms with Gasteiger partial charge in [-0.1, -0.05) is 37.5 Å². The number of hydrogen-bond donors (Lipinski definition) is 2. The number of carbonyl (C=O) groups is 2. The Labute approximate surface area is 185 Å². The molecular weight excluding hydrogens is 437 g/mol. The quantitative estimate of drug-likeness (QED) is 0.463. The summed E-state index contributed by atoms with van der Waals surface area (Å²) in [7, 11) is -4.03. The summed E-state index contributed by atoms with van der Waals surface area (Å²) in [5.74, 6) is -2.35. The maximum Gasteiger partial charge on any atom is 0.336 e. The molecule has 0 spiro atoms. The van der Waals surface area contributed by atoms with Crippen molar-refractivity contribution < 1.29 is 27.5 Å². The first kappa shape index (κ1) is 23.6. The van der Waals surface area contributed by atoms with Gasteiger partial charge in [0.15, 0.2) is 0 Å². The van der Waals surface area contributed by atoms with Crippen molar-refractivity contribution in [1.82, 2.24) is 9.73 Å². The Morgan fingerprint density at radius 2 is 1.75 bits per heavy atom. The summed E-state index contributed by atoms with van der Waals surface area (Å²) in [5, 5.41) is 13.0. The Bertz CT molecular complexity index is 1100. The predicted molar refractivity (Wildman–Crippen MR) is 116 cm³/mol. The van der Waals surface area contributed by atoms with Crippen LogP contribution in [0.1, 0.15) is 48.0 Å². The van der Waals surface area contributed by atoms with Crippen molar-refractivity contribution in [2.24, 2.45) is 5.10 Å². The number of hydrogen-bond acceptors (Lipinski definition) is 5. The Balaban J connectivity index is 1.77. The molecule has 0 unspecified atom stereocenters. The summed E-state index contributed by atoms with van der Waals surface area (Å²) in [6.07, 6.45) is 5.16. The van der Waals surface area contributed by atoms with Crippen molar-refractivity contribution in [2.75, 3.05) is 6.54 Å². The number of rotatable bonds is 8. The summed E-state index contributed by atoms with van der Waals surface area (Å²) in [6, 6.07) is 10.3. The molecule has 170 valence electrons. The lowest BCUT2D eigenvalue weighted by atomic mass is 9.95. The molecule has 0 atom stereocenters. The zero-order chi connectivity index (χ0) is 23.1. The number of nitrogens with one attached hydrogen (secondary N) is 1. The Kier molecular flexibility index (Phi) is 7.70. The van der Waals surface area contributed by atoms with Gasteiger partial charge in [-0.15, -0.1) is 0 Å². The highest BCUT2D eigenvalue weighted by Gasteiger charge is 2.34. The van der Waals surface area contributed by atoms with Gasteiger partial charge < -0.3 is 5.11 Å². The van der Waals surface area contributed by atoms with Gasteiger partial charge in [-0.05, 0) is 43.2 Å². The van der Waals surface area contributed by atoms with E-state index in [1.54, 1.807) is 12.1 Å².